The highest BCUT2D eigenvalue weighted by atomic mass is 28.3. The van der Waals surface area contributed by atoms with Crippen LogP contribution in [0, 0.1) is 41.5 Å². The molecule has 0 bridgehead atoms. The summed E-state index contributed by atoms with van der Waals surface area (Å²) in [5.74, 6) is 0. The summed E-state index contributed by atoms with van der Waals surface area (Å²) in [5, 5.41) is 4.44. The van der Waals surface area contributed by atoms with Crippen LogP contribution in [0.25, 0.3) is 0 Å². The lowest BCUT2D eigenvalue weighted by atomic mass is 10.1. The van der Waals surface area contributed by atoms with Crippen molar-refractivity contribution in [2.45, 2.75) is 41.5 Å². The predicted molar refractivity (Wildman–Crippen MR) is 155 cm³/mol. The zero-order chi connectivity index (χ0) is 25.5. The maximum atomic E-state index is 2.40. The number of hydrogen-bond acceptors (Lipinski definition) is 3. The summed E-state index contributed by atoms with van der Waals surface area (Å²) in [6, 6.07) is 14.1. The minimum absolute atomic E-state index is 1.26. The Balaban J connectivity index is 2.46. The van der Waals surface area contributed by atoms with Crippen LogP contribution in [0.1, 0.15) is 33.4 Å². The smallest absolute Gasteiger partial charge is 0.155 e. The van der Waals surface area contributed by atoms with Crippen LogP contribution >= 0.6 is 0 Å². The Morgan fingerprint density at radius 3 is 0.853 bits per heavy atom. The first-order valence-electron chi connectivity index (χ1n) is 12.1. The maximum absolute atomic E-state index is 2.40. The van der Waals surface area contributed by atoms with Crippen molar-refractivity contribution in [3.63, 3.8) is 0 Å². The normalized spacial score (nSPS) is 11.2. The first kappa shape index (κ1) is 25.9. The van der Waals surface area contributed by atoms with E-state index in [9.17, 15) is 0 Å². The van der Waals surface area contributed by atoms with Crippen LogP contribution in [0.5, 0.6) is 0 Å². The SMILES string of the molecule is Cc1ccc([Si](c2ccc(C)c(N(C)C)c2C)c2ccc(C)c(N(C)C)c2C)c(C)c1N(C)C. The van der Waals surface area contributed by atoms with E-state index in [2.05, 4.69) is 135 Å². The molecular weight excluding hydrogens is 430 g/mol. The van der Waals surface area contributed by atoms with E-state index >= 15 is 0 Å². The zero-order valence-electron chi connectivity index (χ0n) is 23.3. The van der Waals surface area contributed by atoms with Gasteiger partial charge in [-0.25, -0.2) is 0 Å². The van der Waals surface area contributed by atoms with Crippen LogP contribution < -0.4 is 30.3 Å². The van der Waals surface area contributed by atoms with E-state index in [0.29, 0.717) is 0 Å². The van der Waals surface area contributed by atoms with Gasteiger partial charge in [-0.3, -0.25) is 0 Å². The Morgan fingerprint density at radius 2 is 0.647 bits per heavy atom. The standard InChI is InChI=1S/C30H42N3Si/c1-19-13-16-25(22(4)28(19)31(7)8)34(26-17-14-20(2)29(23(26)5)32(9)10)27-18-15-21(3)30(24(27)6)33(11)12/h13-18H,1-12H3. The highest BCUT2D eigenvalue weighted by Crippen LogP contribution is 2.26. The number of aryl methyl sites for hydroxylation is 3. The van der Waals surface area contributed by atoms with Crippen molar-refractivity contribution < 1.29 is 0 Å². The molecule has 3 nitrogen and oxygen atoms in total. The van der Waals surface area contributed by atoms with Crippen LogP contribution in [0.3, 0.4) is 0 Å². The molecule has 0 amide bonds. The molecule has 0 heterocycles. The van der Waals surface area contributed by atoms with Gasteiger partial charge in [0.2, 0.25) is 0 Å². The van der Waals surface area contributed by atoms with Gasteiger partial charge in [0.05, 0.1) is 0 Å². The second-order valence-electron chi connectivity index (χ2n) is 10.3. The van der Waals surface area contributed by atoms with E-state index in [-0.39, 0.29) is 0 Å². The average Bonchev–Trinajstić information content (AvgIpc) is 2.71. The van der Waals surface area contributed by atoms with Gasteiger partial charge in [0.15, 0.2) is 8.80 Å². The zero-order valence-corrected chi connectivity index (χ0v) is 24.3. The third-order valence-electron chi connectivity index (χ3n) is 7.05. The van der Waals surface area contributed by atoms with Gasteiger partial charge in [-0.05, 0) is 90.5 Å². The van der Waals surface area contributed by atoms with Crippen LogP contribution in [0.2, 0.25) is 0 Å². The van der Waals surface area contributed by atoms with Gasteiger partial charge < -0.3 is 14.7 Å². The summed E-state index contributed by atoms with van der Waals surface area (Å²) in [5.41, 5.74) is 12.2. The Bertz CT molecular complexity index is 1060. The summed E-state index contributed by atoms with van der Waals surface area (Å²) in [6.07, 6.45) is 0. The van der Waals surface area contributed by atoms with Gasteiger partial charge in [0.1, 0.15) is 0 Å². The van der Waals surface area contributed by atoms with Gasteiger partial charge in [-0.2, -0.15) is 0 Å². The largest absolute Gasteiger partial charge is 0.377 e. The third-order valence-corrected chi connectivity index (χ3v) is 10.3. The molecule has 1 radical (unpaired) electrons. The minimum atomic E-state index is -1.26. The van der Waals surface area contributed by atoms with Crippen LogP contribution in [-0.4, -0.2) is 51.1 Å². The molecule has 34 heavy (non-hydrogen) atoms. The van der Waals surface area contributed by atoms with Gasteiger partial charge in [-0.1, -0.05) is 36.4 Å². The molecule has 0 aromatic heterocycles. The van der Waals surface area contributed by atoms with Gasteiger partial charge in [-0.15, -0.1) is 0 Å². The summed E-state index contributed by atoms with van der Waals surface area (Å²) in [7, 11) is 11.7. The van der Waals surface area contributed by atoms with Crippen molar-refractivity contribution in [1.29, 1.82) is 0 Å². The fraction of sp³-hybridized carbons (Fsp3) is 0.400. The number of benzene rings is 3. The molecule has 0 spiro atoms. The van der Waals surface area contributed by atoms with E-state index in [1.54, 1.807) is 0 Å². The monoisotopic (exact) mass is 472 g/mol. The van der Waals surface area contributed by atoms with E-state index in [1.807, 2.05) is 0 Å². The summed E-state index contributed by atoms with van der Waals surface area (Å²) in [4.78, 5) is 6.82. The van der Waals surface area contributed by atoms with Crippen LogP contribution in [0.4, 0.5) is 17.1 Å². The molecule has 0 saturated carbocycles. The Hall–Kier alpha value is -2.72. The van der Waals surface area contributed by atoms with E-state index in [4.69, 9.17) is 0 Å². The quantitative estimate of drug-likeness (QED) is 0.392. The molecule has 0 fully saturated rings. The Labute approximate surface area is 209 Å². The van der Waals surface area contributed by atoms with Crippen molar-refractivity contribution in [3.8, 4) is 0 Å². The second-order valence-corrected chi connectivity index (χ2v) is 12.6. The summed E-state index contributed by atoms with van der Waals surface area (Å²) in [6.45, 7) is 13.6. The number of hydrogen-bond donors (Lipinski definition) is 0. The van der Waals surface area contributed by atoms with Crippen molar-refractivity contribution in [2.24, 2.45) is 0 Å². The molecule has 0 aliphatic heterocycles. The number of rotatable bonds is 6. The molecule has 0 N–H and O–H groups in total. The van der Waals surface area contributed by atoms with E-state index < -0.39 is 8.80 Å². The van der Waals surface area contributed by atoms with Crippen LogP contribution in [-0.2, 0) is 0 Å². The highest BCUT2D eigenvalue weighted by molar-refractivity contribution is 6.96. The van der Waals surface area contributed by atoms with Crippen molar-refractivity contribution in [3.05, 3.63) is 69.8 Å². The average molecular weight is 473 g/mol. The Kier molecular flexibility index (Phi) is 7.52. The lowest BCUT2D eigenvalue weighted by Crippen LogP contribution is -2.55. The third kappa shape index (κ3) is 4.48. The lowest BCUT2D eigenvalue weighted by molar-refractivity contribution is 1.10. The molecule has 4 heteroatoms. The van der Waals surface area contributed by atoms with Crippen LogP contribution in [0.15, 0.2) is 36.4 Å². The van der Waals surface area contributed by atoms with Crippen molar-refractivity contribution in [2.75, 3.05) is 57.0 Å². The first-order valence-corrected chi connectivity index (χ1v) is 13.6. The molecular formula is C30H42N3Si. The predicted octanol–water partition coefficient (Wildman–Crippen LogP) is 4.25. The Morgan fingerprint density at radius 1 is 0.412 bits per heavy atom. The molecule has 0 unspecified atom stereocenters. The van der Waals surface area contributed by atoms with Crippen molar-refractivity contribution in [1.82, 2.24) is 0 Å². The minimum Gasteiger partial charge on any atom is -0.377 e. The maximum Gasteiger partial charge on any atom is 0.155 e. The molecule has 181 valence electrons. The summed E-state index contributed by atoms with van der Waals surface area (Å²) < 4.78 is 0. The van der Waals surface area contributed by atoms with Gasteiger partial charge >= 0.3 is 0 Å². The molecule has 3 rings (SSSR count). The second kappa shape index (κ2) is 9.87. The molecule has 0 aliphatic rings. The van der Waals surface area contributed by atoms with Crippen molar-refractivity contribution >= 4 is 41.4 Å². The number of anilines is 3. The molecule has 0 atom stereocenters. The van der Waals surface area contributed by atoms with Gasteiger partial charge in [0, 0.05) is 59.3 Å². The molecule has 0 aliphatic carbocycles. The topological polar surface area (TPSA) is 9.72 Å². The summed E-state index contributed by atoms with van der Waals surface area (Å²) >= 11 is 0. The molecule has 3 aromatic carbocycles. The molecule has 0 saturated heterocycles. The fourth-order valence-electron chi connectivity index (χ4n) is 5.82. The first-order chi connectivity index (χ1) is 15.9. The van der Waals surface area contributed by atoms with E-state index in [1.165, 1.54) is 66.0 Å². The fourth-order valence-corrected chi connectivity index (χ4v) is 8.92. The lowest BCUT2D eigenvalue weighted by Gasteiger charge is -2.30. The highest BCUT2D eigenvalue weighted by Gasteiger charge is 2.29. The van der Waals surface area contributed by atoms with E-state index in [0.717, 1.165) is 0 Å². The number of nitrogens with zero attached hydrogens (tertiary/aromatic N) is 3. The molecule has 3 aromatic rings. The van der Waals surface area contributed by atoms with Gasteiger partial charge in [0.25, 0.3) is 0 Å².